The largest absolute Gasteiger partial charge is 0.484 e. The second-order valence-electron chi connectivity index (χ2n) is 6.26. The third-order valence-electron chi connectivity index (χ3n) is 4.16. The van der Waals surface area contributed by atoms with Gasteiger partial charge in [-0.2, -0.15) is 0 Å². The lowest BCUT2D eigenvalue weighted by atomic mass is 10.1. The summed E-state index contributed by atoms with van der Waals surface area (Å²) in [7, 11) is 0. The van der Waals surface area contributed by atoms with E-state index in [4.69, 9.17) is 9.47 Å². The van der Waals surface area contributed by atoms with Crippen molar-refractivity contribution in [1.29, 1.82) is 0 Å². The molecule has 0 aromatic heterocycles. The molecule has 1 aromatic rings. The summed E-state index contributed by atoms with van der Waals surface area (Å²) in [6, 6.07) is 9.88. The Hall–Kier alpha value is -1.65. The van der Waals surface area contributed by atoms with E-state index in [0.29, 0.717) is 25.4 Å². The van der Waals surface area contributed by atoms with E-state index in [0.717, 1.165) is 24.8 Å². The van der Waals surface area contributed by atoms with Crippen molar-refractivity contribution in [3.05, 3.63) is 47.7 Å². The van der Waals surface area contributed by atoms with Crippen LogP contribution in [0, 0.1) is 0 Å². The quantitative estimate of drug-likeness (QED) is 0.627. The van der Waals surface area contributed by atoms with Gasteiger partial charge in [0.15, 0.2) is 6.10 Å². The molecule has 1 heterocycles. The van der Waals surface area contributed by atoms with Crippen LogP contribution >= 0.6 is 0 Å². The van der Waals surface area contributed by atoms with Crippen molar-refractivity contribution in [3.8, 4) is 0 Å². The second kappa shape index (κ2) is 10.3. The van der Waals surface area contributed by atoms with E-state index < -0.39 is 12.2 Å². The van der Waals surface area contributed by atoms with Gasteiger partial charge in [-0.3, -0.25) is 4.79 Å². The lowest BCUT2D eigenvalue weighted by Gasteiger charge is -2.18. The van der Waals surface area contributed by atoms with E-state index in [1.807, 2.05) is 30.3 Å². The van der Waals surface area contributed by atoms with Crippen LogP contribution in [0.15, 0.2) is 42.2 Å². The van der Waals surface area contributed by atoms with Crippen molar-refractivity contribution in [2.75, 3.05) is 6.61 Å². The summed E-state index contributed by atoms with van der Waals surface area (Å²) in [4.78, 5) is 12.0. The molecule has 0 saturated carbocycles. The molecule has 1 aromatic carbocycles. The number of rotatable bonds is 11. The van der Waals surface area contributed by atoms with E-state index in [-0.39, 0.29) is 5.78 Å². The lowest BCUT2D eigenvalue weighted by molar-refractivity contribution is -0.126. The molecule has 0 saturated heterocycles. The fourth-order valence-electron chi connectivity index (χ4n) is 2.74. The minimum Gasteiger partial charge on any atom is -0.484 e. The monoisotopic (exact) mass is 332 g/mol. The summed E-state index contributed by atoms with van der Waals surface area (Å²) in [5.74, 6) is 0.585. The SMILES string of the molecule is CCCCCCC1=CC(=O)[C@H]([C@@H](O)CCOCc2ccccc2)O1. The number of unbranched alkanes of at least 4 members (excludes halogenated alkanes) is 3. The van der Waals surface area contributed by atoms with Gasteiger partial charge in [-0.25, -0.2) is 0 Å². The average Bonchev–Trinajstić information content (AvgIpc) is 2.97. The smallest absolute Gasteiger partial charge is 0.202 e. The first-order valence-electron chi connectivity index (χ1n) is 8.91. The van der Waals surface area contributed by atoms with Crippen molar-refractivity contribution in [2.45, 2.75) is 64.3 Å². The summed E-state index contributed by atoms with van der Waals surface area (Å²) in [5.41, 5.74) is 1.09. The number of ether oxygens (including phenoxy) is 2. The Labute approximate surface area is 144 Å². The zero-order valence-corrected chi connectivity index (χ0v) is 14.4. The number of ketones is 1. The molecule has 0 spiro atoms. The fraction of sp³-hybridized carbons (Fsp3) is 0.550. The molecular formula is C20H28O4. The topological polar surface area (TPSA) is 55.8 Å². The van der Waals surface area contributed by atoms with Crippen molar-refractivity contribution in [2.24, 2.45) is 0 Å². The number of allylic oxidation sites excluding steroid dienone is 1. The van der Waals surface area contributed by atoms with Crippen LogP contribution in [0.5, 0.6) is 0 Å². The Kier molecular flexibility index (Phi) is 7.99. The van der Waals surface area contributed by atoms with E-state index >= 15 is 0 Å². The molecule has 0 bridgehead atoms. The Balaban J connectivity index is 1.64. The highest BCUT2D eigenvalue weighted by atomic mass is 16.5. The fourth-order valence-corrected chi connectivity index (χ4v) is 2.74. The Morgan fingerprint density at radius 3 is 2.75 bits per heavy atom. The first-order valence-corrected chi connectivity index (χ1v) is 8.91. The first kappa shape index (κ1) is 18.7. The van der Waals surface area contributed by atoms with Crippen LogP contribution in [0.4, 0.5) is 0 Å². The summed E-state index contributed by atoms with van der Waals surface area (Å²) in [6.45, 7) is 3.07. The van der Waals surface area contributed by atoms with Crippen molar-refractivity contribution in [3.63, 3.8) is 0 Å². The predicted molar refractivity (Wildman–Crippen MR) is 93.4 cm³/mol. The molecule has 1 aliphatic heterocycles. The van der Waals surface area contributed by atoms with Crippen LogP contribution < -0.4 is 0 Å². The standard InChI is InChI=1S/C20H28O4/c1-2-3-4-8-11-17-14-19(22)20(24-17)18(21)12-13-23-15-16-9-6-5-7-10-16/h5-7,9-10,14,18,20-21H,2-4,8,11-13,15H2,1H3/t18-,20-/m0/s1. The van der Waals surface area contributed by atoms with Crippen molar-refractivity contribution >= 4 is 5.78 Å². The maximum absolute atomic E-state index is 12.0. The third kappa shape index (κ3) is 6.10. The van der Waals surface area contributed by atoms with E-state index in [9.17, 15) is 9.90 Å². The van der Waals surface area contributed by atoms with Gasteiger partial charge in [0.2, 0.25) is 5.78 Å². The highest BCUT2D eigenvalue weighted by Crippen LogP contribution is 2.23. The van der Waals surface area contributed by atoms with Crippen LogP contribution in [0.2, 0.25) is 0 Å². The van der Waals surface area contributed by atoms with Crippen LogP contribution in [-0.2, 0) is 20.9 Å². The molecule has 1 aliphatic rings. The molecule has 0 aliphatic carbocycles. The van der Waals surface area contributed by atoms with Crippen molar-refractivity contribution in [1.82, 2.24) is 0 Å². The van der Waals surface area contributed by atoms with Gasteiger partial charge in [-0.05, 0) is 12.0 Å². The average molecular weight is 332 g/mol. The van der Waals surface area contributed by atoms with Gasteiger partial charge >= 0.3 is 0 Å². The maximum atomic E-state index is 12.0. The number of hydrogen-bond donors (Lipinski definition) is 1. The molecule has 2 rings (SSSR count). The second-order valence-corrected chi connectivity index (χ2v) is 6.26. The molecule has 0 amide bonds. The normalized spacial score (nSPS) is 18.3. The van der Waals surface area contributed by atoms with Gasteiger partial charge in [0.1, 0.15) is 11.9 Å². The van der Waals surface area contributed by atoms with Crippen molar-refractivity contribution < 1.29 is 19.4 Å². The summed E-state index contributed by atoms with van der Waals surface area (Å²) >= 11 is 0. The van der Waals surface area contributed by atoms with Crippen LogP contribution in [0.1, 0.15) is 51.0 Å². The predicted octanol–water partition coefficient (Wildman–Crippen LogP) is 3.78. The number of aliphatic hydroxyl groups excluding tert-OH is 1. The van der Waals surface area contributed by atoms with Gasteiger partial charge < -0.3 is 14.6 Å². The number of benzene rings is 1. The zero-order valence-electron chi connectivity index (χ0n) is 14.4. The van der Waals surface area contributed by atoms with Gasteiger partial charge in [0, 0.05) is 25.5 Å². The Morgan fingerprint density at radius 2 is 2.00 bits per heavy atom. The molecule has 0 fully saturated rings. The maximum Gasteiger partial charge on any atom is 0.202 e. The van der Waals surface area contributed by atoms with E-state index in [2.05, 4.69) is 6.92 Å². The summed E-state index contributed by atoms with van der Waals surface area (Å²) < 4.78 is 11.2. The molecule has 4 nitrogen and oxygen atoms in total. The highest BCUT2D eigenvalue weighted by molar-refractivity contribution is 5.96. The number of hydrogen-bond acceptors (Lipinski definition) is 4. The summed E-state index contributed by atoms with van der Waals surface area (Å²) in [5, 5.41) is 10.2. The molecule has 1 N–H and O–H groups in total. The lowest BCUT2D eigenvalue weighted by Crippen LogP contribution is -2.33. The molecule has 2 atom stereocenters. The van der Waals surface area contributed by atoms with E-state index in [1.165, 1.54) is 12.8 Å². The molecule has 132 valence electrons. The zero-order chi connectivity index (χ0) is 17.2. The van der Waals surface area contributed by atoms with Crippen LogP contribution in [0.3, 0.4) is 0 Å². The first-order chi connectivity index (χ1) is 11.7. The molecule has 0 unspecified atom stereocenters. The number of aliphatic hydroxyl groups is 1. The molecular weight excluding hydrogens is 304 g/mol. The Bertz CT molecular complexity index is 524. The van der Waals surface area contributed by atoms with Crippen LogP contribution in [0.25, 0.3) is 0 Å². The molecule has 4 heteroatoms. The minimum absolute atomic E-state index is 0.129. The summed E-state index contributed by atoms with van der Waals surface area (Å²) in [6.07, 6.45) is 5.69. The van der Waals surface area contributed by atoms with Gasteiger partial charge in [-0.1, -0.05) is 56.5 Å². The van der Waals surface area contributed by atoms with Gasteiger partial charge in [0.25, 0.3) is 0 Å². The van der Waals surface area contributed by atoms with E-state index in [1.54, 1.807) is 6.08 Å². The molecule has 24 heavy (non-hydrogen) atoms. The number of carbonyl (C=O) groups excluding carboxylic acids is 1. The van der Waals surface area contributed by atoms with Gasteiger partial charge in [-0.15, -0.1) is 0 Å². The van der Waals surface area contributed by atoms with Gasteiger partial charge in [0.05, 0.1) is 6.61 Å². The molecule has 0 radical (unpaired) electrons. The highest BCUT2D eigenvalue weighted by Gasteiger charge is 2.32. The number of carbonyl (C=O) groups is 1. The van der Waals surface area contributed by atoms with Crippen LogP contribution in [-0.4, -0.2) is 29.7 Å². The minimum atomic E-state index is -0.822. The third-order valence-corrected chi connectivity index (χ3v) is 4.16. The Morgan fingerprint density at radius 1 is 1.21 bits per heavy atom.